The van der Waals surface area contributed by atoms with Crippen LogP contribution in [0, 0.1) is 20.8 Å². The molecular weight excluding hydrogens is 336 g/mol. The van der Waals surface area contributed by atoms with Gasteiger partial charge in [0.15, 0.2) is 0 Å². The molecule has 5 nitrogen and oxygen atoms in total. The first-order valence-corrected chi connectivity index (χ1v) is 9.81. The van der Waals surface area contributed by atoms with E-state index in [-0.39, 0.29) is 11.9 Å². The van der Waals surface area contributed by atoms with Crippen molar-refractivity contribution in [3.63, 3.8) is 0 Å². The van der Waals surface area contributed by atoms with Gasteiger partial charge in [-0.15, -0.1) is 0 Å². The van der Waals surface area contributed by atoms with E-state index < -0.39 is 0 Å². The predicted molar refractivity (Wildman–Crippen MR) is 108 cm³/mol. The highest BCUT2D eigenvalue weighted by Crippen LogP contribution is 2.32. The fourth-order valence-corrected chi connectivity index (χ4v) is 4.47. The van der Waals surface area contributed by atoms with Gasteiger partial charge in [0.1, 0.15) is 0 Å². The molecule has 3 aromatic rings. The molecule has 4 rings (SSSR count). The van der Waals surface area contributed by atoms with Crippen molar-refractivity contribution in [2.45, 2.75) is 52.5 Å². The molecule has 27 heavy (non-hydrogen) atoms. The summed E-state index contributed by atoms with van der Waals surface area (Å²) in [4.78, 5) is 18.8. The largest absolute Gasteiger partial charge is 0.358 e. The van der Waals surface area contributed by atoms with Crippen molar-refractivity contribution in [2.75, 3.05) is 6.54 Å². The number of H-pyrrole nitrogens is 1. The van der Waals surface area contributed by atoms with Gasteiger partial charge in [0.05, 0.1) is 18.2 Å². The van der Waals surface area contributed by atoms with Gasteiger partial charge in [-0.05, 0) is 63.3 Å². The number of nitrogens with one attached hydrogen (secondary N) is 1. The summed E-state index contributed by atoms with van der Waals surface area (Å²) in [5.74, 6) is 0.202. The molecule has 1 N–H and O–H groups in total. The summed E-state index contributed by atoms with van der Waals surface area (Å²) in [5, 5.41) is 5.76. The number of likely N-dealkylation sites (tertiary alicyclic amines) is 1. The summed E-state index contributed by atoms with van der Waals surface area (Å²) in [5.41, 5.74) is 6.85. The van der Waals surface area contributed by atoms with Crippen LogP contribution in [0.15, 0.2) is 24.4 Å². The number of benzene rings is 1. The number of aromatic amines is 1. The van der Waals surface area contributed by atoms with E-state index in [2.05, 4.69) is 43.0 Å². The zero-order chi connectivity index (χ0) is 19.1. The molecule has 1 aliphatic heterocycles. The molecule has 1 atom stereocenters. The Balaban J connectivity index is 1.65. The van der Waals surface area contributed by atoms with Crippen LogP contribution in [0.2, 0.25) is 0 Å². The number of piperidine rings is 1. The maximum atomic E-state index is 13.3. The molecule has 0 bridgehead atoms. The second kappa shape index (κ2) is 6.87. The minimum absolute atomic E-state index is 0.0986. The Bertz CT molecular complexity index is 997. The minimum atomic E-state index is 0.0986. The Hall–Kier alpha value is -2.56. The quantitative estimate of drug-likeness (QED) is 0.760. The molecule has 2 aromatic heterocycles. The second-order valence-corrected chi connectivity index (χ2v) is 7.92. The zero-order valence-corrected chi connectivity index (χ0v) is 16.7. The van der Waals surface area contributed by atoms with Crippen LogP contribution in [0.1, 0.15) is 53.4 Å². The molecule has 0 aliphatic carbocycles. The van der Waals surface area contributed by atoms with E-state index in [4.69, 9.17) is 0 Å². The minimum Gasteiger partial charge on any atom is -0.358 e. The third-order valence-electron chi connectivity index (χ3n) is 5.80. The number of fused-ring (bicyclic) bond motifs is 1. The Morgan fingerprint density at radius 2 is 2.07 bits per heavy atom. The van der Waals surface area contributed by atoms with Gasteiger partial charge in [0, 0.05) is 36.4 Å². The first-order valence-electron chi connectivity index (χ1n) is 9.81. The number of aromatic nitrogens is 3. The van der Waals surface area contributed by atoms with Gasteiger partial charge in [-0.1, -0.05) is 11.6 Å². The molecule has 0 saturated carbocycles. The van der Waals surface area contributed by atoms with Gasteiger partial charge in [0.25, 0.3) is 0 Å². The molecule has 1 unspecified atom stereocenters. The lowest BCUT2D eigenvalue weighted by atomic mass is 9.97. The normalized spacial score (nSPS) is 17.6. The molecule has 3 heterocycles. The number of aryl methyl sites for hydroxylation is 4. The lowest BCUT2D eigenvalue weighted by Crippen LogP contribution is -2.39. The molecule has 5 heteroatoms. The zero-order valence-electron chi connectivity index (χ0n) is 16.7. The first kappa shape index (κ1) is 17.8. The van der Waals surface area contributed by atoms with Crippen LogP contribution in [0.25, 0.3) is 10.9 Å². The highest BCUT2D eigenvalue weighted by molar-refractivity contribution is 5.92. The summed E-state index contributed by atoms with van der Waals surface area (Å²) >= 11 is 0. The predicted octanol–water partition coefficient (Wildman–Crippen LogP) is 4.12. The Kier molecular flexibility index (Phi) is 4.54. The van der Waals surface area contributed by atoms with Crippen LogP contribution in [-0.4, -0.2) is 32.1 Å². The fourth-order valence-electron chi connectivity index (χ4n) is 4.47. The van der Waals surface area contributed by atoms with Crippen LogP contribution in [0.5, 0.6) is 0 Å². The summed E-state index contributed by atoms with van der Waals surface area (Å²) < 4.78 is 1.82. The SMILES string of the molecule is Cc1cc(C)c2[nH]c(C)c(CC(=O)N3CCCCC3c3ccn(C)n3)c2c1. The first-order chi connectivity index (χ1) is 12.9. The number of carbonyl (C=O) groups excluding carboxylic acids is 1. The van der Waals surface area contributed by atoms with Gasteiger partial charge in [-0.3, -0.25) is 9.48 Å². The number of rotatable bonds is 3. The van der Waals surface area contributed by atoms with Crippen LogP contribution >= 0.6 is 0 Å². The van der Waals surface area contributed by atoms with Gasteiger partial charge in [0.2, 0.25) is 5.91 Å². The summed E-state index contributed by atoms with van der Waals surface area (Å²) in [6.07, 6.45) is 5.61. The number of amides is 1. The summed E-state index contributed by atoms with van der Waals surface area (Å²) in [6.45, 7) is 7.13. The van der Waals surface area contributed by atoms with Crippen molar-refractivity contribution in [1.82, 2.24) is 19.7 Å². The van der Waals surface area contributed by atoms with E-state index in [1.54, 1.807) is 0 Å². The van der Waals surface area contributed by atoms with Gasteiger partial charge in [-0.2, -0.15) is 5.10 Å². The lowest BCUT2D eigenvalue weighted by molar-refractivity contribution is -0.134. The lowest BCUT2D eigenvalue weighted by Gasteiger charge is -2.35. The fraction of sp³-hybridized carbons (Fsp3) is 0.455. The molecule has 1 aliphatic rings. The maximum absolute atomic E-state index is 13.3. The van der Waals surface area contributed by atoms with Crippen LogP contribution in [-0.2, 0) is 18.3 Å². The topological polar surface area (TPSA) is 53.9 Å². The van der Waals surface area contributed by atoms with E-state index in [1.807, 2.05) is 28.9 Å². The van der Waals surface area contributed by atoms with Crippen LogP contribution in [0.4, 0.5) is 0 Å². The van der Waals surface area contributed by atoms with E-state index in [9.17, 15) is 4.79 Å². The van der Waals surface area contributed by atoms with E-state index in [0.717, 1.165) is 48.3 Å². The number of carbonyl (C=O) groups is 1. The van der Waals surface area contributed by atoms with Crippen LogP contribution in [0.3, 0.4) is 0 Å². The van der Waals surface area contributed by atoms with Crippen molar-refractivity contribution >= 4 is 16.8 Å². The number of nitrogens with zero attached hydrogens (tertiary/aromatic N) is 3. The van der Waals surface area contributed by atoms with Gasteiger partial charge in [-0.25, -0.2) is 0 Å². The Labute approximate surface area is 160 Å². The van der Waals surface area contributed by atoms with Crippen molar-refractivity contribution in [1.29, 1.82) is 0 Å². The molecular formula is C22H28N4O. The maximum Gasteiger partial charge on any atom is 0.227 e. The molecule has 1 saturated heterocycles. The smallest absolute Gasteiger partial charge is 0.227 e. The monoisotopic (exact) mass is 364 g/mol. The second-order valence-electron chi connectivity index (χ2n) is 7.92. The van der Waals surface area contributed by atoms with Gasteiger partial charge >= 0.3 is 0 Å². The third-order valence-corrected chi connectivity index (χ3v) is 5.80. The summed E-state index contributed by atoms with van der Waals surface area (Å²) in [7, 11) is 1.93. The number of hydrogen-bond acceptors (Lipinski definition) is 2. The van der Waals surface area contributed by atoms with E-state index in [0.29, 0.717) is 6.42 Å². The molecule has 1 aromatic carbocycles. The molecule has 0 radical (unpaired) electrons. The molecule has 1 amide bonds. The Morgan fingerprint density at radius 3 is 2.81 bits per heavy atom. The van der Waals surface area contributed by atoms with Crippen LogP contribution < -0.4 is 0 Å². The standard InChI is InChI=1S/C22H28N4O/c1-14-11-15(2)22-18(12-14)17(16(3)23-22)13-21(27)26-9-6-5-7-20(26)19-8-10-25(4)24-19/h8,10-12,20,23H,5-7,9,13H2,1-4H3. The third kappa shape index (κ3) is 3.27. The van der Waals surface area contributed by atoms with Crippen molar-refractivity contribution in [3.05, 3.63) is 52.5 Å². The van der Waals surface area contributed by atoms with Gasteiger partial charge < -0.3 is 9.88 Å². The average Bonchev–Trinajstić information content (AvgIpc) is 3.20. The molecule has 1 fully saturated rings. The molecule has 0 spiro atoms. The average molecular weight is 364 g/mol. The van der Waals surface area contributed by atoms with E-state index >= 15 is 0 Å². The highest BCUT2D eigenvalue weighted by atomic mass is 16.2. The summed E-state index contributed by atoms with van der Waals surface area (Å²) in [6, 6.07) is 6.52. The Morgan fingerprint density at radius 1 is 1.26 bits per heavy atom. The number of hydrogen-bond donors (Lipinski definition) is 1. The van der Waals surface area contributed by atoms with Crippen molar-refractivity contribution < 1.29 is 4.79 Å². The van der Waals surface area contributed by atoms with Crippen molar-refractivity contribution in [3.8, 4) is 0 Å². The molecule has 142 valence electrons. The van der Waals surface area contributed by atoms with E-state index in [1.165, 1.54) is 16.5 Å². The highest BCUT2D eigenvalue weighted by Gasteiger charge is 2.30. The van der Waals surface area contributed by atoms with Crippen molar-refractivity contribution in [2.24, 2.45) is 7.05 Å².